The second kappa shape index (κ2) is 7.59. The minimum atomic E-state index is 0.884. The lowest BCUT2D eigenvalue weighted by Crippen LogP contribution is -1.87. The summed E-state index contributed by atoms with van der Waals surface area (Å²) in [7, 11) is 1.69. The molecular weight excluding hydrogens is 336 g/mol. The molecule has 0 atom stereocenters. The lowest BCUT2D eigenvalue weighted by Gasteiger charge is -2.07. The van der Waals surface area contributed by atoms with E-state index < -0.39 is 0 Å². The Morgan fingerprint density at radius 3 is 1.96 bits per heavy atom. The Hall–Kier alpha value is -2.84. The molecule has 0 aliphatic heterocycles. The first-order valence-electron chi connectivity index (χ1n) is 8.68. The summed E-state index contributed by atoms with van der Waals surface area (Å²) in [6.07, 6.45) is 0.980. The third-order valence-electron chi connectivity index (χ3n) is 4.57. The fraction of sp³-hybridized carbons (Fsp3) is 0.0833. The van der Waals surface area contributed by atoms with Gasteiger partial charge < -0.3 is 4.74 Å². The lowest BCUT2D eigenvalue weighted by atomic mass is 9.99. The Kier molecular flexibility index (Phi) is 4.85. The molecule has 4 rings (SSSR count). The molecule has 128 valence electrons. The minimum Gasteiger partial charge on any atom is -0.497 e. The highest BCUT2D eigenvalue weighted by Crippen LogP contribution is 2.32. The molecule has 0 aliphatic rings. The molecule has 0 bridgehead atoms. The van der Waals surface area contributed by atoms with Gasteiger partial charge in [0.2, 0.25) is 0 Å². The quantitative estimate of drug-likeness (QED) is 0.387. The van der Waals surface area contributed by atoms with Crippen molar-refractivity contribution in [2.45, 2.75) is 6.42 Å². The second-order valence-corrected chi connectivity index (χ2v) is 7.23. The van der Waals surface area contributed by atoms with Crippen molar-refractivity contribution < 1.29 is 4.74 Å². The van der Waals surface area contributed by atoms with Gasteiger partial charge in [0.05, 0.1) is 7.11 Å². The number of ether oxygens (including phenoxy) is 1. The monoisotopic (exact) mass is 356 g/mol. The summed E-state index contributed by atoms with van der Waals surface area (Å²) in [6, 6.07) is 29.9. The first kappa shape index (κ1) is 16.6. The van der Waals surface area contributed by atoms with Crippen molar-refractivity contribution in [3.05, 3.63) is 101 Å². The molecule has 0 saturated carbocycles. The van der Waals surface area contributed by atoms with E-state index in [1.807, 2.05) is 23.5 Å². The predicted molar refractivity (Wildman–Crippen MR) is 111 cm³/mol. The van der Waals surface area contributed by atoms with Crippen LogP contribution in [0.1, 0.15) is 10.4 Å². The Balaban J connectivity index is 1.58. The first-order chi connectivity index (χ1) is 12.8. The van der Waals surface area contributed by atoms with E-state index in [2.05, 4.69) is 78.2 Å². The molecule has 0 N–H and O–H groups in total. The molecule has 1 aromatic heterocycles. The summed E-state index contributed by atoms with van der Waals surface area (Å²) in [5.41, 5.74) is 6.38. The van der Waals surface area contributed by atoms with E-state index in [1.54, 1.807) is 7.11 Å². The molecular formula is C24H20OS. The molecule has 1 heterocycles. The van der Waals surface area contributed by atoms with Gasteiger partial charge in [0.1, 0.15) is 5.75 Å². The van der Waals surface area contributed by atoms with Crippen LogP contribution in [0.5, 0.6) is 5.75 Å². The number of rotatable bonds is 5. The lowest BCUT2D eigenvalue weighted by molar-refractivity contribution is 0.415. The number of hydrogen-bond acceptors (Lipinski definition) is 2. The van der Waals surface area contributed by atoms with Crippen molar-refractivity contribution in [3.63, 3.8) is 0 Å². The Morgan fingerprint density at radius 1 is 0.692 bits per heavy atom. The SMILES string of the molecule is COc1ccc(-c2ccc(-c3ccsc3Cc3ccccc3)cc2)cc1. The smallest absolute Gasteiger partial charge is 0.118 e. The molecule has 3 aromatic carbocycles. The van der Waals surface area contributed by atoms with E-state index in [1.165, 1.54) is 32.7 Å². The molecule has 0 amide bonds. The standard InChI is InChI=1S/C24H20OS/c1-25-22-13-11-20(12-14-22)19-7-9-21(10-8-19)23-15-16-26-24(23)17-18-5-3-2-4-6-18/h2-16H,17H2,1H3. The third kappa shape index (κ3) is 3.56. The maximum Gasteiger partial charge on any atom is 0.118 e. The van der Waals surface area contributed by atoms with Crippen molar-refractivity contribution >= 4 is 11.3 Å². The van der Waals surface area contributed by atoms with Crippen LogP contribution in [0.2, 0.25) is 0 Å². The average molecular weight is 356 g/mol. The zero-order chi connectivity index (χ0) is 17.8. The molecule has 4 aromatic rings. The van der Waals surface area contributed by atoms with Gasteiger partial charge in [-0.05, 0) is 51.4 Å². The van der Waals surface area contributed by atoms with E-state index in [0.29, 0.717) is 0 Å². The molecule has 0 fully saturated rings. The van der Waals surface area contributed by atoms with Crippen LogP contribution in [0.4, 0.5) is 0 Å². The zero-order valence-electron chi connectivity index (χ0n) is 14.7. The average Bonchev–Trinajstić information content (AvgIpc) is 3.17. The highest BCUT2D eigenvalue weighted by Gasteiger charge is 2.08. The zero-order valence-corrected chi connectivity index (χ0v) is 15.5. The fourth-order valence-corrected chi connectivity index (χ4v) is 4.07. The summed E-state index contributed by atoms with van der Waals surface area (Å²) < 4.78 is 5.24. The highest BCUT2D eigenvalue weighted by atomic mass is 32.1. The van der Waals surface area contributed by atoms with Crippen LogP contribution in [-0.4, -0.2) is 7.11 Å². The molecule has 0 spiro atoms. The van der Waals surface area contributed by atoms with Crippen molar-refractivity contribution in [2.75, 3.05) is 7.11 Å². The van der Waals surface area contributed by atoms with Gasteiger partial charge in [-0.15, -0.1) is 11.3 Å². The van der Waals surface area contributed by atoms with E-state index in [9.17, 15) is 0 Å². The van der Waals surface area contributed by atoms with Gasteiger partial charge in [-0.25, -0.2) is 0 Å². The van der Waals surface area contributed by atoms with Gasteiger partial charge in [0.25, 0.3) is 0 Å². The highest BCUT2D eigenvalue weighted by molar-refractivity contribution is 7.10. The van der Waals surface area contributed by atoms with E-state index >= 15 is 0 Å². The molecule has 0 radical (unpaired) electrons. The molecule has 26 heavy (non-hydrogen) atoms. The largest absolute Gasteiger partial charge is 0.497 e. The maximum absolute atomic E-state index is 5.24. The number of benzene rings is 3. The first-order valence-corrected chi connectivity index (χ1v) is 9.56. The van der Waals surface area contributed by atoms with Crippen molar-refractivity contribution in [1.29, 1.82) is 0 Å². The van der Waals surface area contributed by atoms with Gasteiger partial charge in [-0.2, -0.15) is 0 Å². The Morgan fingerprint density at radius 2 is 1.31 bits per heavy atom. The van der Waals surface area contributed by atoms with Crippen LogP contribution in [0.25, 0.3) is 22.3 Å². The summed E-state index contributed by atoms with van der Waals surface area (Å²) in [4.78, 5) is 1.41. The number of thiophene rings is 1. The summed E-state index contributed by atoms with van der Waals surface area (Å²) in [5.74, 6) is 0.884. The van der Waals surface area contributed by atoms with Crippen LogP contribution in [0.15, 0.2) is 90.3 Å². The predicted octanol–water partition coefficient (Wildman–Crippen LogP) is 6.68. The van der Waals surface area contributed by atoms with E-state index in [0.717, 1.165) is 12.2 Å². The topological polar surface area (TPSA) is 9.23 Å². The van der Waals surface area contributed by atoms with Crippen molar-refractivity contribution in [3.8, 4) is 28.0 Å². The summed E-state index contributed by atoms with van der Waals surface area (Å²) >= 11 is 1.83. The molecule has 2 heteroatoms. The molecule has 1 nitrogen and oxygen atoms in total. The Bertz CT molecular complexity index is 967. The third-order valence-corrected chi connectivity index (χ3v) is 5.49. The molecule has 0 saturated heterocycles. The van der Waals surface area contributed by atoms with Gasteiger partial charge in [0.15, 0.2) is 0 Å². The molecule has 0 unspecified atom stereocenters. The molecule has 0 aliphatic carbocycles. The summed E-state index contributed by atoms with van der Waals surface area (Å²) in [5, 5.41) is 2.19. The normalized spacial score (nSPS) is 10.7. The van der Waals surface area contributed by atoms with Crippen LogP contribution < -0.4 is 4.74 Å². The summed E-state index contributed by atoms with van der Waals surface area (Å²) in [6.45, 7) is 0. The van der Waals surface area contributed by atoms with Crippen molar-refractivity contribution in [1.82, 2.24) is 0 Å². The van der Waals surface area contributed by atoms with Crippen LogP contribution in [0.3, 0.4) is 0 Å². The van der Waals surface area contributed by atoms with E-state index in [4.69, 9.17) is 4.74 Å². The maximum atomic E-state index is 5.24. The van der Waals surface area contributed by atoms with Gasteiger partial charge in [-0.1, -0.05) is 66.7 Å². The second-order valence-electron chi connectivity index (χ2n) is 6.23. The van der Waals surface area contributed by atoms with E-state index in [-0.39, 0.29) is 0 Å². The fourth-order valence-electron chi connectivity index (χ4n) is 3.14. The van der Waals surface area contributed by atoms with Crippen LogP contribution in [0, 0.1) is 0 Å². The number of hydrogen-bond donors (Lipinski definition) is 0. The number of methoxy groups -OCH3 is 1. The van der Waals surface area contributed by atoms with Crippen LogP contribution >= 0.6 is 11.3 Å². The minimum absolute atomic E-state index is 0.884. The van der Waals surface area contributed by atoms with Gasteiger partial charge >= 0.3 is 0 Å². The Labute approximate surface area is 158 Å². The van der Waals surface area contributed by atoms with Crippen LogP contribution in [-0.2, 0) is 6.42 Å². The van der Waals surface area contributed by atoms with Crippen molar-refractivity contribution in [2.24, 2.45) is 0 Å². The van der Waals surface area contributed by atoms with Gasteiger partial charge in [-0.3, -0.25) is 0 Å². The van der Waals surface area contributed by atoms with Gasteiger partial charge in [0, 0.05) is 11.3 Å².